The molecule has 7 heteroatoms. The van der Waals surface area contributed by atoms with E-state index in [0.717, 1.165) is 24.3 Å². The van der Waals surface area contributed by atoms with Crippen LogP contribution in [0.5, 0.6) is 0 Å². The van der Waals surface area contributed by atoms with Gasteiger partial charge in [-0.25, -0.2) is 15.2 Å². The molecule has 2 aliphatic rings. The van der Waals surface area contributed by atoms with Crippen LogP contribution in [-0.2, 0) is 4.79 Å². The lowest BCUT2D eigenvalue weighted by molar-refractivity contribution is -0.133. The number of carbonyl (C=O) groups excluding carboxylic acids is 2. The van der Waals surface area contributed by atoms with Crippen molar-refractivity contribution in [1.82, 2.24) is 15.8 Å². The molecule has 2 fully saturated rings. The van der Waals surface area contributed by atoms with Crippen molar-refractivity contribution >= 4 is 17.4 Å². The molecule has 0 aliphatic carbocycles. The molecule has 1 amide bonds. The van der Waals surface area contributed by atoms with E-state index in [2.05, 4.69) is 15.8 Å². The number of nitrogens with zero attached hydrogens (tertiary/aromatic N) is 2. The minimum atomic E-state index is -0.286. The first-order valence-electron chi connectivity index (χ1n) is 9.92. The number of piperazine rings is 1. The highest BCUT2D eigenvalue weighted by Crippen LogP contribution is 2.24. The van der Waals surface area contributed by atoms with Gasteiger partial charge in [0.15, 0.2) is 5.78 Å². The largest absolute Gasteiger partial charge is 0.368 e. The molecule has 152 valence electrons. The van der Waals surface area contributed by atoms with Crippen LogP contribution in [0, 0.1) is 5.82 Å². The van der Waals surface area contributed by atoms with Crippen LogP contribution in [0.4, 0.5) is 10.1 Å². The molecular formula is C22H25FN4O2. The fraction of sp³-hybridized carbons (Fsp3) is 0.364. The fourth-order valence-electron chi connectivity index (χ4n) is 3.94. The van der Waals surface area contributed by atoms with Gasteiger partial charge in [0.1, 0.15) is 11.9 Å². The number of carbonyl (C=O) groups is 2. The predicted molar refractivity (Wildman–Crippen MR) is 109 cm³/mol. The Hall–Kier alpha value is -2.77. The van der Waals surface area contributed by atoms with Gasteiger partial charge in [-0.2, -0.15) is 0 Å². The van der Waals surface area contributed by atoms with E-state index in [1.807, 2.05) is 29.2 Å². The number of hydrazine groups is 1. The Morgan fingerprint density at radius 1 is 0.931 bits per heavy atom. The molecule has 2 aromatic carbocycles. The zero-order chi connectivity index (χ0) is 20.4. The Labute approximate surface area is 169 Å². The van der Waals surface area contributed by atoms with Crippen molar-refractivity contribution in [2.75, 3.05) is 31.1 Å². The SMILES string of the molecule is CC(=O)c1ccc(N2CCN(C(=O)C3CC(c4ccc(F)cc4)NN3)CC2)cc1. The monoisotopic (exact) mass is 396 g/mol. The standard InChI is InChI=1S/C22H25FN4O2/c1-15(28)16-4-8-19(9-5-16)26-10-12-27(13-11-26)22(29)21-14-20(24-25-21)17-2-6-18(23)7-3-17/h2-9,20-21,24-25H,10-14H2,1H3. The maximum atomic E-state index is 13.1. The lowest BCUT2D eigenvalue weighted by Crippen LogP contribution is -2.53. The van der Waals surface area contributed by atoms with Crippen LogP contribution in [-0.4, -0.2) is 48.8 Å². The molecule has 0 saturated carbocycles. The molecule has 2 unspecified atom stereocenters. The van der Waals surface area contributed by atoms with Gasteiger partial charge in [-0.15, -0.1) is 0 Å². The molecule has 0 spiro atoms. The molecule has 0 bridgehead atoms. The average molecular weight is 396 g/mol. The highest BCUT2D eigenvalue weighted by molar-refractivity contribution is 5.94. The minimum Gasteiger partial charge on any atom is -0.368 e. The molecule has 0 aromatic heterocycles. The van der Waals surface area contributed by atoms with E-state index in [0.29, 0.717) is 25.1 Å². The summed E-state index contributed by atoms with van der Waals surface area (Å²) in [6.07, 6.45) is 0.636. The molecule has 4 rings (SSSR count). The summed E-state index contributed by atoms with van der Waals surface area (Å²) in [4.78, 5) is 28.4. The number of ketones is 1. The first kappa shape index (κ1) is 19.5. The molecule has 29 heavy (non-hydrogen) atoms. The number of rotatable bonds is 4. The van der Waals surface area contributed by atoms with Crippen LogP contribution in [0.25, 0.3) is 0 Å². The zero-order valence-corrected chi connectivity index (χ0v) is 16.4. The van der Waals surface area contributed by atoms with Crippen LogP contribution < -0.4 is 15.8 Å². The van der Waals surface area contributed by atoms with E-state index < -0.39 is 0 Å². The smallest absolute Gasteiger partial charge is 0.241 e. The van der Waals surface area contributed by atoms with Crippen molar-refractivity contribution in [2.24, 2.45) is 0 Å². The molecule has 2 heterocycles. The third-order valence-corrected chi connectivity index (χ3v) is 5.70. The molecule has 2 atom stereocenters. The van der Waals surface area contributed by atoms with Crippen LogP contribution in [0.15, 0.2) is 48.5 Å². The maximum Gasteiger partial charge on any atom is 0.241 e. The second-order valence-electron chi connectivity index (χ2n) is 7.60. The van der Waals surface area contributed by atoms with Crippen LogP contribution in [0.3, 0.4) is 0 Å². The molecule has 2 aliphatic heterocycles. The Bertz CT molecular complexity index is 877. The van der Waals surface area contributed by atoms with Crippen molar-refractivity contribution in [2.45, 2.75) is 25.4 Å². The van der Waals surface area contributed by atoms with Crippen LogP contribution >= 0.6 is 0 Å². The second-order valence-corrected chi connectivity index (χ2v) is 7.60. The number of Topliss-reactive ketones (excluding diaryl/α,β-unsaturated/α-hetero) is 1. The number of benzene rings is 2. The highest BCUT2D eigenvalue weighted by Gasteiger charge is 2.34. The van der Waals surface area contributed by atoms with Crippen LogP contribution in [0.1, 0.15) is 35.3 Å². The Balaban J connectivity index is 1.31. The number of nitrogens with one attached hydrogen (secondary N) is 2. The zero-order valence-electron chi connectivity index (χ0n) is 16.4. The number of hydrogen-bond acceptors (Lipinski definition) is 5. The van der Waals surface area contributed by atoms with E-state index in [-0.39, 0.29) is 29.6 Å². The second kappa shape index (κ2) is 8.31. The summed E-state index contributed by atoms with van der Waals surface area (Å²) >= 11 is 0. The molecule has 0 radical (unpaired) electrons. The summed E-state index contributed by atoms with van der Waals surface area (Å²) in [5.41, 5.74) is 8.99. The lowest BCUT2D eigenvalue weighted by atomic mass is 10.0. The summed E-state index contributed by atoms with van der Waals surface area (Å²) in [6, 6.07) is 13.7. The van der Waals surface area contributed by atoms with Crippen molar-refractivity contribution < 1.29 is 14.0 Å². The number of halogens is 1. The Kier molecular flexibility index (Phi) is 5.60. The van der Waals surface area contributed by atoms with Crippen molar-refractivity contribution in [1.29, 1.82) is 0 Å². The van der Waals surface area contributed by atoms with Gasteiger partial charge >= 0.3 is 0 Å². The van der Waals surface area contributed by atoms with E-state index >= 15 is 0 Å². The Morgan fingerprint density at radius 3 is 2.21 bits per heavy atom. The maximum absolute atomic E-state index is 13.1. The van der Waals surface area contributed by atoms with Crippen LogP contribution in [0.2, 0.25) is 0 Å². The topological polar surface area (TPSA) is 64.7 Å². The summed E-state index contributed by atoms with van der Waals surface area (Å²) in [6.45, 7) is 4.39. The first-order chi connectivity index (χ1) is 14.0. The van der Waals surface area contributed by atoms with Gasteiger partial charge in [-0.3, -0.25) is 9.59 Å². The van der Waals surface area contributed by atoms with Gasteiger partial charge in [0.2, 0.25) is 5.91 Å². The quantitative estimate of drug-likeness (QED) is 0.777. The normalized spacial score (nSPS) is 22.0. The Morgan fingerprint density at radius 2 is 1.59 bits per heavy atom. The number of anilines is 1. The van der Waals surface area contributed by atoms with E-state index in [4.69, 9.17) is 0 Å². The molecule has 6 nitrogen and oxygen atoms in total. The molecule has 2 saturated heterocycles. The summed E-state index contributed by atoms with van der Waals surface area (Å²) in [5, 5.41) is 0. The highest BCUT2D eigenvalue weighted by atomic mass is 19.1. The van der Waals surface area contributed by atoms with Gasteiger partial charge < -0.3 is 9.80 Å². The third kappa shape index (κ3) is 4.31. The molecule has 2 N–H and O–H groups in total. The van der Waals surface area contributed by atoms with Gasteiger partial charge in [-0.1, -0.05) is 12.1 Å². The predicted octanol–water partition coefficient (Wildman–Crippen LogP) is 2.28. The van der Waals surface area contributed by atoms with E-state index in [1.165, 1.54) is 12.1 Å². The molecular weight excluding hydrogens is 371 g/mol. The fourth-order valence-corrected chi connectivity index (χ4v) is 3.94. The van der Waals surface area contributed by atoms with Gasteiger partial charge in [0.05, 0.1) is 0 Å². The minimum absolute atomic E-state index is 0.00868. The van der Waals surface area contributed by atoms with Crippen molar-refractivity contribution in [3.8, 4) is 0 Å². The summed E-state index contributed by atoms with van der Waals surface area (Å²) in [5.74, 6) is -0.113. The number of hydrogen-bond donors (Lipinski definition) is 2. The molecule has 2 aromatic rings. The van der Waals surface area contributed by atoms with Crippen molar-refractivity contribution in [3.63, 3.8) is 0 Å². The third-order valence-electron chi connectivity index (χ3n) is 5.70. The summed E-state index contributed by atoms with van der Waals surface area (Å²) < 4.78 is 13.1. The summed E-state index contributed by atoms with van der Waals surface area (Å²) in [7, 11) is 0. The van der Waals surface area contributed by atoms with Gasteiger partial charge in [-0.05, 0) is 55.3 Å². The van der Waals surface area contributed by atoms with E-state index in [1.54, 1.807) is 19.1 Å². The number of amides is 1. The first-order valence-corrected chi connectivity index (χ1v) is 9.92. The van der Waals surface area contributed by atoms with Crippen molar-refractivity contribution in [3.05, 3.63) is 65.5 Å². The van der Waals surface area contributed by atoms with Gasteiger partial charge in [0, 0.05) is 43.5 Å². The average Bonchev–Trinajstić information content (AvgIpc) is 3.24. The van der Waals surface area contributed by atoms with Gasteiger partial charge in [0.25, 0.3) is 0 Å². The van der Waals surface area contributed by atoms with E-state index in [9.17, 15) is 14.0 Å². The lowest BCUT2D eigenvalue weighted by Gasteiger charge is -2.37.